The largest absolute Gasteiger partial charge is 0.309 e. The van der Waals surface area contributed by atoms with Crippen molar-refractivity contribution in [3.05, 3.63) is 32.9 Å². The van der Waals surface area contributed by atoms with Crippen LogP contribution in [0.3, 0.4) is 0 Å². The molecule has 0 N–H and O–H groups in total. The summed E-state index contributed by atoms with van der Waals surface area (Å²) in [6.45, 7) is 3.65. The summed E-state index contributed by atoms with van der Waals surface area (Å²) >= 11 is 3.12. The van der Waals surface area contributed by atoms with Crippen LogP contribution in [0.4, 0.5) is 4.39 Å². The Kier molecular flexibility index (Phi) is 2.67. The summed E-state index contributed by atoms with van der Waals surface area (Å²) in [5.74, 6) is -0.724. The second-order valence-electron chi connectivity index (χ2n) is 2.81. The molecule has 0 fully saturated rings. The maximum absolute atomic E-state index is 12.8. The van der Waals surface area contributed by atoms with Crippen LogP contribution in [-0.4, -0.2) is 4.57 Å². The fourth-order valence-electron chi connectivity index (χ4n) is 0.918. The van der Waals surface area contributed by atoms with Gasteiger partial charge in [-0.15, -0.1) is 0 Å². The zero-order valence-corrected chi connectivity index (χ0v) is 8.43. The zero-order valence-electron chi connectivity index (χ0n) is 6.84. The Bertz CT molecular complexity index is 345. The van der Waals surface area contributed by atoms with E-state index in [4.69, 9.17) is 0 Å². The summed E-state index contributed by atoms with van der Waals surface area (Å²) in [4.78, 5) is 11.1. The van der Waals surface area contributed by atoms with Gasteiger partial charge in [-0.1, -0.05) is 0 Å². The van der Waals surface area contributed by atoms with Crippen LogP contribution in [0.25, 0.3) is 0 Å². The number of halogens is 2. The molecule has 12 heavy (non-hydrogen) atoms. The van der Waals surface area contributed by atoms with E-state index in [9.17, 15) is 9.18 Å². The first-order valence-electron chi connectivity index (χ1n) is 3.59. The van der Waals surface area contributed by atoms with Crippen LogP contribution in [0.2, 0.25) is 0 Å². The highest BCUT2D eigenvalue weighted by molar-refractivity contribution is 9.10. The topological polar surface area (TPSA) is 22.0 Å². The van der Waals surface area contributed by atoms with E-state index in [1.807, 2.05) is 13.8 Å². The Hall–Kier alpha value is -0.640. The van der Waals surface area contributed by atoms with E-state index < -0.39 is 11.4 Å². The third kappa shape index (κ3) is 1.75. The summed E-state index contributed by atoms with van der Waals surface area (Å²) in [5, 5.41) is 0. The average Bonchev–Trinajstić information content (AvgIpc) is 1.96. The molecule has 2 nitrogen and oxygen atoms in total. The van der Waals surface area contributed by atoms with Gasteiger partial charge in [0.05, 0.1) is 0 Å². The van der Waals surface area contributed by atoms with Crippen LogP contribution in [0.5, 0.6) is 0 Å². The standard InChI is InChI=1S/C8H9BrFNO/c1-5(2)11-4-6(9)3-7(10)8(11)12/h3-5H,1-2H3. The monoisotopic (exact) mass is 233 g/mol. The van der Waals surface area contributed by atoms with Gasteiger partial charge in [0.15, 0.2) is 5.82 Å². The fourth-order valence-corrected chi connectivity index (χ4v) is 1.34. The number of hydrogen-bond acceptors (Lipinski definition) is 1. The van der Waals surface area contributed by atoms with E-state index in [-0.39, 0.29) is 6.04 Å². The van der Waals surface area contributed by atoms with E-state index in [0.717, 1.165) is 0 Å². The average molecular weight is 234 g/mol. The van der Waals surface area contributed by atoms with E-state index in [0.29, 0.717) is 4.47 Å². The molecule has 1 aromatic heterocycles. The number of rotatable bonds is 1. The van der Waals surface area contributed by atoms with Crippen LogP contribution in [-0.2, 0) is 0 Å². The summed E-state index contributed by atoms with van der Waals surface area (Å²) in [7, 11) is 0. The Morgan fingerprint density at radius 1 is 1.58 bits per heavy atom. The highest BCUT2D eigenvalue weighted by Gasteiger charge is 2.06. The summed E-state index contributed by atoms with van der Waals surface area (Å²) < 4.78 is 14.8. The van der Waals surface area contributed by atoms with Gasteiger partial charge in [0.25, 0.3) is 5.56 Å². The summed E-state index contributed by atoms with van der Waals surface area (Å²) in [6.07, 6.45) is 1.58. The van der Waals surface area contributed by atoms with E-state index >= 15 is 0 Å². The number of hydrogen-bond donors (Lipinski definition) is 0. The molecular formula is C8H9BrFNO. The second kappa shape index (κ2) is 3.39. The molecule has 0 aliphatic carbocycles. The Labute approximate surface area is 78.2 Å². The van der Waals surface area contributed by atoms with Crippen molar-refractivity contribution < 1.29 is 4.39 Å². The van der Waals surface area contributed by atoms with Gasteiger partial charge in [-0.25, -0.2) is 4.39 Å². The lowest BCUT2D eigenvalue weighted by molar-refractivity contribution is 0.524. The number of aromatic nitrogens is 1. The van der Waals surface area contributed by atoms with Gasteiger partial charge in [-0.3, -0.25) is 4.79 Å². The van der Waals surface area contributed by atoms with Crippen molar-refractivity contribution in [2.45, 2.75) is 19.9 Å². The van der Waals surface area contributed by atoms with Gasteiger partial charge >= 0.3 is 0 Å². The number of pyridine rings is 1. The van der Waals surface area contributed by atoms with Crippen molar-refractivity contribution in [3.8, 4) is 0 Å². The molecule has 1 rings (SSSR count). The molecule has 0 saturated carbocycles. The molecule has 0 unspecified atom stereocenters. The van der Waals surface area contributed by atoms with Crippen LogP contribution >= 0.6 is 15.9 Å². The van der Waals surface area contributed by atoms with Gasteiger partial charge in [0.1, 0.15) is 0 Å². The quantitative estimate of drug-likeness (QED) is 0.730. The lowest BCUT2D eigenvalue weighted by atomic mass is 10.3. The highest BCUT2D eigenvalue weighted by Crippen LogP contribution is 2.10. The lowest BCUT2D eigenvalue weighted by Crippen LogP contribution is -2.23. The molecule has 0 aliphatic rings. The lowest BCUT2D eigenvalue weighted by Gasteiger charge is -2.09. The van der Waals surface area contributed by atoms with Crippen LogP contribution in [0.1, 0.15) is 19.9 Å². The minimum absolute atomic E-state index is 0.0236. The molecule has 66 valence electrons. The minimum Gasteiger partial charge on any atom is -0.309 e. The molecule has 0 atom stereocenters. The maximum atomic E-state index is 12.8. The Morgan fingerprint density at radius 2 is 2.17 bits per heavy atom. The van der Waals surface area contributed by atoms with Gasteiger partial charge in [-0.2, -0.15) is 0 Å². The van der Waals surface area contributed by atoms with E-state index in [1.165, 1.54) is 10.6 Å². The first kappa shape index (κ1) is 9.45. The first-order valence-corrected chi connectivity index (χ1v) is 4.39. The van der Waals surface area contributed by atoms with Gasteiger partial charge in [-0.05, 0) is 35.8 Å². The summed E-state index contributed by atoms with van der Waals surface area (Å²) in [5.41, 5.74) is -0.576. The smallest absolute Gasteiger partial charge is 0.286 e. The molecule has 1 aromatic rings. The summed E-state index contributed by atoms with van der Waals surface area (Å²) in [6, 6.07) is 1.14. The van der Waals surface area contributed by atoms with E-state index in [1.54, 1.807) is 6.20 Å². The van der Waals surface area contributed by atoms with Crippen LogP contribution < -0.4 is 5.56 Å². The molecule has 4 heteroatoms. The van der Waals surface area contributed by atoms with Gasteiger partial charge in [0, 0.05) is 16.7 Å². The SMILES string of the molecule is CC(C)n1cc(Br)cc(F)c1=O. The molecule has 0 amide bonds. The van der Waals surface area contributed by atoms with Crippen molar-refractivity contribution in [1.82, 2.24) is 4.57 Å². The zero-order chi connectivity index (χ0) is 9.30. The molecule has 0 saturated heterocycles. The molecule has 0 bridgehead atoms. The van der Waals surface area contributed by atoms with Gasteiger partial charge < -0.3 is 4.57 Å². The predicted molar refractivity (Wildman–Crippen MR) is 48.7 cm³/mol. The second-order valence-corrected chi connectivity index (χ2v) is 3.73. The minimum atomic E-state index is -0.724. The predicted octanol–water partition coefficient (Wildman–Crippen LogP) is 2.33. The van der Waals surface area contributed by atoms with Crippen molar-refractivity contribution >= 4 is 15.9 Å². The fraction of sp³-hybridized carbons (Fsp3) is 0.375. The molecule has 0 spiro atoms. The maximum Gasteiger partial charge on any atom is 0.286 e. The molecule has 0 aliphatic heterocycles. The van der Waals surface area contributed by atoms with Crippen molar-refractivity contribution in [2.75, 3.05) is 0 Å². The Morgan fingerprint density at radius 3 is 2.67 bits per heavy atom. The van der Waals surface area contributed by atoms with Crippen molar-refractivity contribution in [2.24, 2.45) is 0 Å². The molecular weight excluding hydrogens is 225 g/mol. The van der Waals surface area contributed by atoms with Crippen molar-refractivity contribution in [3.63, 3.8) is 0 Å². The first-order chi connectivity index (χ1) is 5.52. The third-order valence-corrected chi connectivity index (χ3v) is 1.96. The number of nitrogens with zero attached hydrogens (tertiary/aromatic N) is 1. The Balaban J connectivity index is 3.38. The molecule has 0 aromatic carbocycles. The third-order valence-electron chi connectivity index (χ3n) is 1.52. The van der Waals surface area contributed by atoms with Crippen LogP contribution in [0.15, 0.2) is 21.5 Å². The van der Waals surface area contributed by atoms with Crippen molar-refractivity contribution in [1.29, 1.82) is 0 Å². The van der Waals surface area contributed by atoms with Gasteiger partial charge in [0.2, 0.25) is 0 Å². The molecule has 0 radical (unpaired) electrons. The van der Waals surface area contributed by atoms with E-state index in [2.05, 4.69) is 15.9 Å². The van der Waals surface area contributed by atoms with Crippen LogP contribution in [0, 0.1) is 5.82 Å². The highest BCUT2D eigenvalue weighted by atomic mass is 79.9. The normalized spacial score (nSPS) is 10.8. The molecule has 1 heterocycles.